The van der Waals surface area contributed by atoms with Gasteiger partial charge in [-0.2, -0.15) is 0 Å². The summed E-state index contributed by atoms with van der Waals surface area (Å²) in [6.07, 6.45) is 6.28. The number of hydrogen-bond acceptors (Lipinski definition) is 6. The van der Waals surface area contributed by atoms with Crippen LogP contribution >= 0.6 is 0 Å². The number of methoxy groups -OCH3 is 1. The van der Waals surface area contributed by atoms with Crippen LogP contribution in [0.15, 0.2) is 10.6 Å². The number of ether oxygens (including phenoxy) is 1. The maximum atomic E-state index is 11.6. The standard InChI is InChI=1S/C18H29N3O3/c1-23-18(22)10-14-5-6-19-12-15(14)9-16-11-17(24-20-16)13-21-7-3-2-4-8-21/h11,14-15,19H,2-10,12-13H2,1H3/t14-,15-/m0/s1. The van der Waals surface area contributed by atoms with Crippen LogP contribution in [-0.4, -0.2) is 49.3 Å². The maximum Gasteiger partial charge on any atom is 0.305 e. The zero-order chi connectivity index (χ0) is 16.8. The highest BCUT2D eigenvalue weighted by atomic mass is 16.5. The van der Waals surface area contributed by atoms with E-state index >= 15 is 0 Å². The van der Waals surface area contributed by atoms with Crippen LogP contribution in [0.4, 0.5) is 0 Å². The Balaban J connectivity index is 1.54. The fraction of sp³-hybridized carbons (Fsp3) is 0.778. The minimum Gasteiger partial charge on any atom is -0.469 e. The molecule has 0 unspecified atom stereocenters. The number of piperidine rings is 2. The third kappa shape index (κ3) is 4.80. The number of rotatable bonds is 6. The van der Waals surface area contributed by atoms with Crippen LogP contribution in [0.2, 0.25) is 0 Å². The second-order valence-corrected chi connectivity index (χ2v) is 7.12. The molecular weight excluding hydrogens is 306 g/mol. The average Bonchev–Trinajstić information content (AvgIpc) is 3.04. The molecule has 6 nitrogen and oxygen atoms in total. The van der Waals surface area contributed by atoms with Gasteiger partial charge in [-0.3, -0.25) is 9.69 Å². The first-order chi connectivity index (χ1) is 11.7. The Hall–Kier alpha value is -1.40. The summed E-state index contributed by atoms with van der Waals surface area (Å²) >= 11 is 0. The lowest BCUT2D eigenvalue weighted by molar-refractivity contribution is -0.142. The normalized spacial score (nSPS) is 25.5. The lowest BCUT2D eigenvalue weighted by Gasteiger charge is -2.31. The van der Waals surface area contributed by atoms with E-state index < -0.39 is 0 Å². The van der Waals surface area contributed by atoms with Gasteiger partial charge in [0, 0.05) is 12.5 Å². The Bertz CT molecular complexity index is 525. The molecule has 1 aromatic rings. The molecule has 0 aliphatic carbocycles. The Morgan fingerprint density at radius 1 is 1.38 bits per heavy atom. The fourth-order valence-electron chi connectivity index (χ4n) is 3.92. The number of nitrogens with one attached hydrogen (secondary N) is 1. The lowest BCUT2D eigenvalue weighted by Crippen LogP contribution is -2.38. The summed E-state index contributed by atoms with van der Waals surface area (Å²) in [5.74, 6) is 1.62. The topological polar surface area (TPSA) is 67.6 Å². The van der Waals surface area contributed by atoms with Crippen molar-refractivity contribution in [3.8, 4) is 0 Å². The summed E-state index contributed by atoms with van der Waals surface area (Å²) in [5, 5.41) is 7.69. The largest absolute Gasteiger partial charge is 0.469 e. The zero-order valence-electron chi connectivity index (χ0n) is 14.6. The Morgan fingerprint density at radius 3 is 3.00 bits per heavy atom. The van der Waals surface area contributed by atoms with Crippen molar-refractivity contribution in [2.45, 2.75) is 45.1 Å². The number of likely N-dealkylation sites (tertiary alicyclic amines) is 1. The predicted octanol–water partition coefficient (Wildman–Crippen LogP) is 1.99. The number of aromatic nitrogens is 1. The Kier molecular flexibility index (Phi) is 6.26. The van der Waals surface area contributed by atoms with E-state index in [-0.39, 0.29) is 5.97 Å². The molecule has 6 heteroatoms. The molecule has 0 bridgehead atoms. The van der Waals surface area contributed by atoms with E-state index in [1.807, 2.05) is 0 Å². The van der Waals surface area contributed by atoms with Crippen LogP contribution in [0.1, 0.15) is 43.6 Å². The number of hydrogen-bond donors (Lipinski definition) is 1. The third-order valence-electron chi connectivity index (χ3n) is 5.33. The Labute approximate surface area is 143 Å². The average molecular weight is 335 g/mol. The van der Waals surface area contributed by atoms with E-state index in [4.69, 9.17) is 9.26 Å². The molecule has 2 atom stereocenters. The van der Waals surface area contributed by atoms with E-state index in [2.05, 4.69) is 21.4 Å². The first-order valence-electron chi connectivity index (χ1n) is 9.19. The first-order valence-corrected chi connectivity index (χ1v) is 9.19. The minimum atomic E-state index is -0.113. The van der Waals surface area contributed by atoms with Crippen molar-refractivity contribution in [3.05, 3.63) is 17.5 Å². The summed E-state index contributed by atoms with van der Waals surface area (Å²) in [7, 11) is 1.46. The molecule has 2 aliphatic rings. The van der Waals surface area contributed by atoms with Crippen LogP contribution < -0.4 is 5.32 Å². The number of carbonyl (C=O) groups is 1. The van der Waals surface area contributed by atoms with Crippen LogP contribution in [0, 0.1) is 11.8 Å². The molecule has 24 heavy (non-hydrogen) atoms. The molecule has 0 amide bonds. The van der Waals surface area contributed by atoms with Crippen molar-refractivity contribution in [1.82, 2.24) is 15.4 Å². The molecule has 0 saturated carbocycles. The van der Waals surface area contributed by atoms with Gasteiger partial charge >= 0.3 is 5.97 Å². The molecule has 0 aromatic carbocycles. The van der Waals surface area contributed by atoms with Crippen LogP contribution in [0.25, 0.3) is 0 Å². The molecule has 134 valence electrons. The lowest BCUT2D eigenvalue weighted by atomic mass is 9.81. The van der Waals surface area contributed by atoms with Gasteiger partial charge in [0.25, 0.3) is 0 Å². The van der Waals surface area contributed by atoms with E-state index in [1.54, 1.807) is 0 Å². The highest BCUT2D eigenvalue weighted by Gasteiger charge is 2.28. The van der Waals surface area contributed by atoms with Gasteiger partial charge in [-0.05, 0) is 63.7 Å². The summed E-state index contributed by atoms with van der Waals surface area (Å²) in [6, 6.07) is 2.10. The molecule has 1 aromatic heterocycles. The van der Waals surface area contributed by atoms with Crippen LogP contribution in [0.3, 0.4) is 0 Å². The predicted molar refractivity (Wildman–Crippen MR) is 90.4 cm³/mol. The van der Waals surface area contributed by atoms with Gasteiger partial charge in [0.1, 0.15) is 0 Å². The van der Waals surface area contributed by atoms with Crippen molar-refractivity contribution >= 4 is 5.97 Å². The molecule has 2 saturated heterocycles. The van der Waals surface area contributed by atoms with Gasteiger partial charge in [0.05, 0.1) is 19.3 Å². The summed E-state index contributed by atoms with van der Waals surface area (Å²) in [6.45, 7) is 5.07. The van der Waals surface area contributed by atoms with Gasteiger partial charge in [0.2, 0.25) is 0 Å². The smallest absolute Gasteiger partial charge is 0.305 e. The van der Waals surface area contributed by atoms with Gasteiger partial charge in [0.15, 0.2) is 5.76 Å². The number of carbonyl (C=O) groups excluding carboxylic acids is 1. The number of nitrogens with zero attached hydrogens (tertiary/aromatic N) is 2. The highest BCUT2D eigenvalue weighted by molar-refractivity contribution is 5.69. The van der Waals surface area contributed by atoms with Gasteiger partial charge < -0.3 is 14.6 Å². The molecular formula is C18H29N3O3. The van der Waals surface area contributed by atoms with Crippen LogP contribution in [0.5, 0.6) is 0 Å². The van der Waals surface area contributed by atoms with E-state index in [1.165, 1.54) is 26.4 Å². The van der Waals surface area contributed by atoms with E-state index in [9.17, 15) is 4.79 Å². The van der Waals surface area contributed by atoms with Crippen molar-refractivity contribution in [1.29, 1.82) is 0 Å². The molecule has 0 spiro atoms. The molecule has 1 N–H and O–H groups in total. The Morgan fingerprint density at radius 2 is 2.21 bits per heavy atom. The van der Waals surface area contributed by atoms with Crippen molar-refractivity contribution in [2.24, 2.45) is 11.8 Å². The first kappa shape index (κ1) is 17.4. The second kappa shape index (κ2) is 8.62. The molecule has 0 radical (unpaired) electrons. The fourth-order valence-corrected chi connectivity index (χ4v) is 3.92. The second-order valence-electron chi connectivity index (χ2n) is 7.12. The summed E-state index contributed by atoms with van der Waals surface area (Å²) in [5.41, 5.74) is 1.01. The van der Waals surface area contributed by atoms with E-state index in [0.29, 0.717) is 18.3 Å². The van der Waals surface area contributed by atoms with Crippen LogP contribution in [-0.2, 0) is 22.5 Å². The highest BCUT2D eigenvalue weighted by Crippen LogP contribution is 2.26. The van der Waals surface area contributed by atoms with Crippen molar-refractivity contribution in [2.75, 3.05) is 33.3 Å². The van der Waals surface area contributed by atoms with Gasteiger partial charge in [-0.1, -0.05) is 11.6 Å². The minimum absolute atomic E-state index is 0.113. The quantitative estimate of drug-likeness (QED) is 0.802. The van der Waals surface area contributed by atoms with Crippen molar-refractivity contribution in [3.63, 3.8) is 0 Å². The summed E-state index contributed by atoms with van der Waals surface area (Å²) in [4.78, 5) is 14.1. The third-order valence-corrected chi connectivity index (χ3v) is 5.33. The zero-order valence-corrected chi connectivity index (χ0v) is 14.6. The molecule has 3 heterocycles. The maximum absolute atomic E-state index is 11.6. The van der Waals surface area contributed by atoms with Gasteiger partial charge in [-0.25, -0.2) is 0 Å². The molecule has 2 aliphatic heterocycles. The van der Waals surface area contributed by atoms with E-state index in [0.717, 1.165) is 57.0 Å². The SMILES string of the molecule is COC(=O)C[C@@H]1CCNC[C@@H]1Cc1cc(CN2CCCCC2)on1. The monoisotopic (exact) mass is 335 g/mol. The van der Waals surface area contributed by atoms with Gasteiger partial charge in [-0.15, -0.1) is 0 Å². The molecule has 3 rings (SSSR count). The number of esters is 1. The summed E-state index contributed by atoms with van der Waals surface area (Å²) < 4.78 is 10.4. The molecule has 2 fully saturated rings. The van der Waals surface area contributed by atoms with Crippen molar-refractivity contribution < 1.29 is 14.1 Å².